The average molecular weight is 270 g/mol. The molecule has 1 aliphatic carbocycles. The van der Waals surface area contributed by atoms with E-state index in [2.05, 4.69) is 0 Å². The lowest BCUT2D eigenvalue weighted by Crippen LogP contribution is -2.35. The van der Waals surface area contributed by atoms with Crippen LogP contribution in [0, 0.1) is 23.5 Å². The van der Waals surface area contributed by atoms with Crippen LogP contribution in [0.25, 0.3) is 0 Å². The van der Waals surface area contributed by atoms with E-state index in [1.54, 1.807) is 0 Å². The van der Waals surface area contributed by atoms with Gasteiger partial charge in [-0.3, -0.25) is 4.79 Å². The Morgan fingerprint density at radius 3 is 2.53 bits per heavy atom. The van der Waals surface area contributed by atoms with Gasteiger partial charge in [0.25, 0.3) is 0 Å². The molecule has 19 heavy (non-hydrogen) atoms. The predicted molar refractivity (Wildman–Crippen MR) is 64.4 cm³/mol. The van der Waals surface area contributed by atoms with E-state index in [1.165, 1.54) is 13.0 Å². The van der Waals surface area contributed by atoms with Crippen LogP contribution in [0.3, 0.4) is 0 Å². The molecule has 0 aliphatic heterocycles. The van der Waals surface area contributed by atoms with Crippen LogP contribution in [0.5, 0.6) is 0 Å². The number of hydrogen-bond donors (Lipinski definition) is 2. The number of aliphatic carboxylic acids is 1. The van der Waals surface area contributed by atoms with Crippen molar-refractivity contribution in [3.05, 3.63) is 35.4 Å². The van der Waals surface area contributed by atoms with Gasteiger partial charge in [-0.2, -0.15) is 0 Å². The van der Waals surface area contributed by atoms with Crippen LogP contribution in [-0.4, -0.2) is 16.2 Å². The zero-order valence-corrected chi connectivity index (χ0v) is 10.6. The normalized spacial score (nSPS) is 25.5. The van der Waals surface area contributed by atoms with Crippen molar-refractivity contribution >= 4 is 5.97 Å². The molecule has 5 heteroatoms. The second-order valence-corrected chi connectivity index (χ2v) is 5.48. The molecule has 0 radical (unpaired) electrons. The predicted octanol–water partition coefficient (Wildman–Crippen LogP) is 2.67. The summed E-state index contributed by atoms with van der Waals surface area (Å²) >= 11 is 0. The highest BCUT2D eigenvalue weighted by Gasteiger charge is 2.39. The number of carboxylic acids is 1. The number of benzene rings is 1. The Balaban J connectivity index is 2.02. The SMILES string of the molecule is CC(O)(CC1CC(C(=O)O)C1)c1ccc(F)c(F)c1. The molecule has 0 amide bonds. The number of carboxylic acid groups (broad SMARTS) is 1. The number of rotatable bonds is 4. The third kappa shape index (κ3) is 2.92. The highest BCUT2D eigenvalue weighted by atomic mass is 19.2. The van der Waals surface area contributed by atoms with Gasteiger partial charge in [0.05, 0.1) is 11.5 Å². The summed E-state index contributed by atoms with van der Waals surface area (Å²) in [6.07, 6.45) is 1.40. The quantitative estimate of drug-likeness (QED) is 0.884. The number of aliphatic hydroxyl groups is 1. The van der Waals surface area contributed by atoms with Crippen molar-refractivity contribution in [2.24, 2.45) is 11.8 Å². The van der Waals surface area contributed by atoms with Crippen molar-refractivity contribution in [3.8, 4) is 0 Å². The van der Waals surface area contributed by atoms with Crippen molar-refractivity contribution in [3.63, 3.8) is 0 Å². The van der Waals surface area contributed by atoms with Gasteiger partial charge in [-0.05, 0) is 49.8 Å². The molecular weight excluding hydrogens is 254 g/mol. The molecule has 0 spiro atoms. The summed E-state index contributed by atoms with van der Waals surface area (Å²) in [5, 5.41) is 19.1. The van der Waals surface area contributed by atoms with Crippen molar-refractivity contribution in [2.75, 3.05) is 0 Å². The van der Waals surface area contributed by atoms with Crippen molar-refractivity contribution in [2.45, 2.75) is 31.8 Å². The Morgan fingerprint density at radius 1 is 1.37 bits per heavy atom. The number of carbonyl (C=O) groups is 1. The third-order valence-electron chi connectivity index (χ3n) is 3.81. The molecule has 104 valence electrons. The molecule has 1 aliphatic rings. The fourth-order valence-electron chi connectivity index (χ4n) is 2.62. The summed E-state index contributed by atoms with van der Waals surface area (Å²) < 4.78 is 26.0. The Morgan fingerprint density at radius 2 is 2.00 bits per heavy atom. The van der Waals surface area contributed by atoms with Gasteiger partial charge in [0.2, 0.25) is 0 Å². The molecule has 0 bridgehead atoms. The van der Waals surface area contributed by atoms with Crippen molar-refractivity contribution < 1.29 is 23.8 Å². The van der Waals surface area contributed by atoms with E-state index in [0.29, 0.717) is 24.8 Å². The van der Waals surface area contributed by atoms with Crippen molar-refractivity contribution in [1.82, 2.24) is 0 Å². The lowest BCUT2D eigenvalue weighted by molar-refractivity contribution is -0.147. The van der Waals surface area contributed by atoms with Crippen LogP contribution < -0.4 is 0 Å². The number of hydrogen-bond acceptors (Lipinski definition) is 2. The molecule has 3 nitrogen and oxygen atoms in total. The third-order valence-corrected chi connectivity index (χ3v) is 3.81. The van der Waals surface area contributed by atoms with Gasteiger partial charge >= 0.3 is 5.97 Å². The summed E-state index contributed by atoms with van der Waals surface area (Å²) in [6.45, 7) is 1.54. The molecule has 0 saturated heterocycles. The van der Waals surface area contributed by atoms with Crippen LogP contribution >= 0.6 is 0 Å². The summed E-state index contributed by atoms with van der Waals surface area (Å²) in [5.74, 6) is -3.00. The average Bonchev–Trinajstić information content (AvgIpc) is 2.26. The minimum atomic E-state index is -1.28. The van der Waals surface area contributed by atoms with Crippen LogP contribution in [0.15, 0.2) is 18.2 Å². The Kier molecular flexibility index (Phi) is 3.58. The fraction of sp³-hybridized carbons (Fsp3) is 0.500. The van der Waals surface area contributed by atoms with Crippen LogP contribution in [0.1, 0.15) is 31.7 Å². The maximum atomic E-state index is 13.1. The highest BCUT2D eigenvalue weighted by molar-refractivity contribution is 5.71. The Hall–Kier alpha value is -1.49. The monoisotopic (exact) mass is 270 g/mol. The summed E-state index contributed by atoms with van der Waals surface area (Å²) in [4.78, 5) is 10.7. The Bertz CT molecular complexity index is 493. The fourth-order valence-corrected chi connectivity index (χ4v) is 2.62. The van der Waals surface area contributed by atoms with E-state index in [0.717, 1.165) is 12.1 Å². The minimum Gasteiger partial charge on any atom is -0.481 e. The van der Waals surface area contributed by atoms with Gasteiger partial charge in [-0.25, -0.2) is 8.78 Å². The smallest absolute Gasteiger partial charge is 0.306 e. The second-order valence-electron chi connectivity index (χ2n) is 5.48. The largest absolute Gasteiger partial charge is 0.481 e. The zero-order chi connectivity index (χ0) is 14.2. The van der Waals surface area contributed by atoms with Gasteiger partial charge in [0.1, 0.15) is 0 Å². The molecule has 1 fully saturated rings. The molecule has 1 unspecified atom stereocenters. The first-order valence-electron chi connectivity index (χ1n) is 6.20. The van der Waals surface area contributed by atoms with E-state index >= 15 is 0 Å². The topological polar surface area (TPSA) is 57.5 Å². The number of halogens is 2. The first-order chi connectivity index (χ1) is 8.79. The molecule has 1 aromatic carbocycles. The maximum Gasteiger partial charge on any atom is 0.306 e. The van der Waals surface area contributed by atoms with E-state index in [4.69, 9.17) is 5.11 Å². The zero-order valence-electron chi connectivity index (χ0n) is 10.6. The highest BCUT2D eigenvalue weighted by Crippen LogP contribution is 2.41. The molecule has 1 atom stereocenters. The standard InChI is InChI=1S/C14H16F2O3/c1-14(19,7-8-4-9(5-8)13(17)18)10-2-3-11(15)12(16)6-10/h2-3,6,8-9,19H,4-5,7H2,1H3,(H,17,18). The molecule has 2 rings (SSSR count). The van der Waals surface area contributed by atoms with E-state index < -0.39 is 23.2 Å². The molecule has 0 heterocycles. The summed E-state index contributed by atoms with van der Waals surface area (Å²) in [7, 11) is 0. The first-order valence-corrected chi connectivity index (χ1v) is 6.20. The van der Waals surface area contributed by atoms with E-state index in [-0.39, 0.29) is 11.8 Å². The van der Waals surface area contributed by atoms with Crippen LogP contribution in [-0.2, 0) is 10.4 Å². The van der Waals surface area contributed by atoms with Crippen LogP contribution in [0.4, 0.5) is 8.78 Å². The molecule has 0 aromatic heterocycles. The molecule has 2 N–H and O–H groups in total. The van der Waals surface area contributed by atoms with Gasteiger partial charge < -0.3 is 10.2 Å². The molecule has 1 aromatic rings. The van der Waals surface area contributed by atoms with E-state index in [1.807, 2.05) is 0 Å². The lowest BCUT2D eigenvalue weighted by atomic mass is 9.69. The maximum absolute atomic E-state index is 13.1. The lowest BCUT2D eigenvalue weighted by Gasteiger charge is -2.37. The summed E-state index contributed by atoms with van der Waals surface area (Å²) in [6, 6.07) is 3.33. The Labute approximate surface area is 109 Å². The van der Waals surface area contributed by atoms with Gasteiger partial charge in [-0.1, -0.05) is 6.07 Å². The minimum absolute atomic E-state index is 0.101. The second kappa shape index (κ2) is 4.89. The summed E-state index contributed by atoms with van der Waals surface area (Å²) in [5.41, 5.74) is -0.965. The van der Waals surface area contributed by atoms with Gasteiger partial charge in [0, 0.05) is 0 Å². The van der Waals surface area contributed by atoms with E-state index in [9.17, 15) is 18.7 Å². The van der Waals surface area contributed by atoms with Gasteiger partial charge in [0.15, 0.2) is 11.6 Å². The molecular formula is C14H16F2O3. The van der Waals surface area contributed by atoms with Gasteiger partial charge in [-0.15, -0.1) is 0 Å². The first kappa shape index (κ1) is 13.9. The van der Waals surface area contributed by atoms with Crippen LogP contribution in [0.2, 0.25) is 0 Å². The molecule has 1 saturated carbocycles. The van der Waals surface area contributed by atoms with Crippen molar-refractivity contribution in [1.29, 1.82) is 0 Å².